The zero-order chi connectivity index (χ0) is 10.2. The van der Waals surface area contributed by atoms with Crippen LogP contribution in [0.2, 0.25) is 0 Å². The lowest BCUT2D eigenvalue weighted by Crippen LogP contribution is -2.46. The van der Waals surface area contributed by atoms with Crippen molar-refractivity contribution in [1.82, 2.24) is 0 Å². The molecule has 0 N–H and O–H groups in total. The van der Waals surface area contributed by atoms with E-state index in [0.717, 1.165) is 19.3 Å². The Morgan fingerprint density at radius 2 is 2.00 bits per heavy atom. The summed E-state index contributed by atoms with van der Waals surface area (Å²) < 4.78 is 5.20. The lowest BCUT2D eigenvalue weighted by Gasteiger charge is -2.37. The SMILES string of the molecule is O=C1C[C@H](C(=O)[O-])C2(CCCCC2)O1. The molecular formula is C10H13O4-. The number of aliphatic carboxylic acids is 1. The fourth-order valence-corrected chi connectivity index (χ4v) is 2.59. The van der Waals surface area contributed by atoms with Crippen molar-refractivity contribution >= 4 is 11.9 Å². The molecule has 1 heterocycles. The number of rotatable bonds is 1. The first-order valence-corrected chi connectivity index (χ1v) is 5.07. The van der Waals surface area contributed by atoms with Crippen LogP contribution in [0.5, 0.6) is 0 Å². The van der Waals surface area contributed by atoms with Crippen LogP contribution >= 0.6 is 0 Å². The average Bonchev–Trinajstić information content (AvgIpc) is 2.44. The van der Waals surface area contributed by atoms with E-state index in [2.05, 4.69) is 0 Å². The molecule has 2 rings (SSSR count). The van der Waals surface area contributed by atoms with E-state index in [1.54, 1.807) is 0 Å². The van der Waals surface area contributed by atoms with Gasteiger partial charge in [-0.2, -0.15) is 0 Å². The Kier molecular flexibility index (Phi) is 2.21. The predicted molar refractivity (Wildman–Crippen MR) is 45.0 cm³/mol. The molecule has 1 aliphatic carbocycles. The first-order valence-electron chi connectivity index (χ1n) is 5.07. The minimum absolute atomic E-state index is 0.0116. The highest BCUT2D eigenvalue weighted by Gasteiger charge is 2.49. The Morgan fingerprint density at radius 1 is 1.36 bits per heavy atom. The van der Waals surface area contributed by atoms with Crippen LogP contribution in [0, 0.1) is 5.92 Å². The second-order valence-corrected chi connectivity index (χ2v) is 4.18. The van der Waals surface area contributed by atoms with Crippen LogP contribution in [0.15, 0.2) is 0 Å². The van der Waals surface area contributed by atoms with Crippen LogP contribution in [0.1, 0.15) is 38.5 Å². The van der Waals surface area contributed by atoms with Crippen LogP contribution in [0.25, 0.3) is 0 Å². The Morgan fingerprint density at radius 3 is 2.57 bits per heavy atom. The van der Waals surface area contributed by atoms with Crippen molar-refractivity contribution in [1.29, 1.82) is 0 Å². The van der Waals surface area contributed by atoms with Gasteiger partial charge in [0.25, 0.3) is 0 Å². The maximum Gasteiger partial charge on any atom is 0.307 e. The van der Waals surface area contributed by atoms with Crippen LogP contribution in [0.3, 0.4) is 0 Å². The van der Waals surface area contributed by atoms with Crippen LogP contribution in [-0.4, -0.2) is 17.5 Å². The van der Waals surface area contributed by atoms with Gasteiger partial charge in [0.1, 0.15) is 5.60 Å². The van der Waals surface area contributed by atoms with Gasteiger partial charge in [-0.1, -0.05) is 6.42 Å². The summed E-state index contributed by atoms with van der Waals surface area (Å²) >= 11 is 0. The molecule has 1 saturated carbocycles. The summed E-state index contributed by atoms with van der Waals surface area (Å²) in [6, 6.07) is 0. The standard InChI is InChI=1S/C10H14O4/c11-8-6-7(9(12)13)10(14-8)4-2-1-3-5-10/h7H,1-6H2,(H,12,13)/p-1/t7-/m1/s1. The van der Waals surface area contributed by atoms with E-state index < -0.39 is 17.5 Å². The summed E-state index contributed by atoms with van der Waals surface area (Å²) in [5.74, 6) is -2.26. The summed E-state index contributed by atoms with van der Waals surface area (Å²) in [5, 5.41) is 10.9. The van der Waals surface area contributed by atoms with Crippen LogP contribution in [-0.2, 0) is 14.3 Å². The Bertz CT molecular complexity index is 265. The number of carboxylic acids is 1. The van der Waals surface area contributed by atoms with Gasteiger partial charge in [0.2, 0.25) is 0 Å². The minimum Gasteiger partial charge on any atom is -0.550 e. The third-order valence-electron chi connectivity index (χ3n) is 3.31. The van der Waals surface area contributed by atoms with Gasteiger partial charge in [0.05, 0.1) is 6.42 Å². The van der Waals surface area contributed by atoms with E-state index >= 15 is 0 Å². The average molecular weight is 197 g/mol. The van der Waals surface area contributed by atoms with Crippen LogP contribution in [0.4, 0.5) is 0 Å². The fraction of sp³-hybridized carbons (Fsp3) is 0.800. The van der Waals surface area contributed by atoms with Crippen molar-refractivity contribution in [2.75, 3.05) is 0 Å². The van der Waals surface area contributed by atoms with Crippen molar-refractivity contribution in [3.63, 3.8) is 0 Å². The lowest BCUT2D eigenvalue weighted by molar-refractivity contribution is -0.315. The van der Waals surface area contributed by atoms with Gasteiger partial charge in [-0.3, -0.25) is 4.79 Å². The molecule has 1 saturated heterocycles. The first-order chi connectivity index (χ1) is 6.64. The first kappa shape index (κ1) is 9.49. The van der Waals surface area contributed by atoms with E-state index in [-0.39, 0.29) is 12.4 Å². The van der Waals surface area contributed by atoms with E-state index in [9.17, 15) is 14.7 Å². The minimum atomic E-state index is -1.14. The monoisotopic (exact) mass is 197 g/mol. The Labute approximate surface area is 82.2 Å². The van der Waals surface area contributed by atoms with Gasteiger partial charge in [-0.25, -0.2) is 0 Å². The number of carbonyl (C=O) groups excluding carboxylic acids is 2. The molecule has 2 aliphatic rings. The maximum absolute atomic E-state index is 11.1. The number of carboxylic acid groups (broad SMARTS) is 1. The second kappa shape index (κ2) is 3.26. The molecule has 4 nitrogen and oxygen atoms in total. The lowest BCUT2D eigenvalue weighted by atomic mass is 9.76. The van der Waals surface area contributed by atoms with E-state index in [4.69, 9.17) is 4.74 Å². The summed E-state index contributed by atoms with van der Waals surface area (Å²) in [5.41, 5.74) is -0.728. The molecule has 0 aromatic rings. The van der Waals surface area contributed by atoms with Crippen molar-refractivity contribution in [3.8, 4) is 0 Å². The molecule has 0 aromatic heterocycles. The largest absolute Gasteiger partial charge is 0.550 e. The zero-order valence-electron chi connectivity index (χ0n) is 7.95. The number of hydrogen-bond acceptors (Lipinski definition) is 4. The number of carbonyl (C=O) groups is 2. The maximum atomic E-state index is 11.1. The molecule has 0 unspecified atom stereocenters. The molecule has 4 heteroatoms. The van der Waals surface area contributed by atoms with Crippen molar-refractivity contribution < 1.29 is 19.4 Å². The topological polar surface area (TPSA) is 66.4 Å². The quantitative estimate of drug-likeness (QED) is 0.555. The summed E-state index contributed by atoms with van der Waals surface area (Å²) in [7, 11) is 0. The molecule has 1 aliphatic heterocycles. The zero-order valence-corrected chi connectivity index (χ0v) is 7.95. The normalized spacial score (nSPS) is 30.3. The third-order valence-corrected chi connectivity index (χ3v) is 3.31. The van der Waals surface area contributed by atoms with Crippen molar-refractivity contribution in [2.45, 2.75) is 44.1 Å². The van der Waals surface area contributed by atoms with Crippen molar-refractivity contribution in [2.24, 2.45) is 5.92 Å². The van der Waals surface area contributed by atoms with E-state index in [1.807, 2.05) is 0 Å². The number of esters is 1. The summed E-state index contributed by atoms with van der Waals surface area (Å²) in [4.78, 5) is 22.0. The Hall–Kier alpha value is -1.06. The van der Waals surface area contributed by atoms with Gasteiger partial charge in [-0.15, -0.1) is 0 Å². The molecule has 2 fully saturated rings. The predicted octanol–water partition coefficient (Wildman–Crippen LogP) is 0.00230. The molecule has 1 atom stereocenters. The van der Waals surface area contributed by atoms with E-state index in [1.165, 1.54) is 0 Å². The van der Waals surface area contributed by atoms with Crippen molar-refractivity contribution in [3.05, 3.63) is 0 Å². The fourth-order valence-electron chi connectivity index (χ4n) is 2.59. The van der Waals surface area contributed by atoms with Gasteiger partial charge >= 0.3 is 5.97 Å². The highest BCUT2D eigenvalue weighted by molar-refractivity contribution is 5.82. The molecule has 14 heavy (non-hydrogen) atoms. The van der Waals surface area contributed by atoms with Gasteiger partial charge < -0.3 is 14.6 Å². The highest BCUT2D eigenvalue weighted by Crippen LogP contribution is 2.43. The molecule has 1 spiro atoms. The van der Waals surface area contributed by atoms with Gasteiger partial charge in [-0.05, 0) is 25.7 Å². The van der Waals surface area contributed by atoms with Crippen LogP contribution < -0.4 is 5.11 Å². The van der Waals surface area contributed by atoms with Gasteiger partial charge in [0.15, 0.2) is 0 Å². The van der Waals surface area contributed by atoms with E-state index in [0.29, 0.717) is 12.8 Å². The summed E-state index contributed by atoms with van der Waals surface area (Å²) in [6.07, 6.45) is 4.32. The van der Waals surface area contributed by atoms with Gasteiger partial charge in [0, 0.05) is 11.9 Å². The number of ether oxygens (including phenoxy) is 1. The molecular weight excluding hydrogens is 184 g/mol. The highest BCUT2D eigenvalue weighted by atomic mass is 16.6. The summed E-state index contributed by atoms with van der Waals surface area (Å²) in [6.45, 7) is 0. The smallest absolute Gasteiger partial charge is 0.307 e. The molecule has 0 radical (unpaired) electrons. The third kappa shape index (κ3) is 1.38. The molecule has 0 aromatic carbocycles. The molecule has 78 valence electrons. The molecule has 0 amide bonds. The Balaban J connectivity index is 2.21. The number of hydrogen-bond donors (Lipinski definition) is 0. The second-order valence-electron chi connectivity index (χ2n) is 4.18. The molecule has 0 bridgehead atoms.